The highest BCUT2D eigenvalue weighted by Crippen LogP contribution is 2.23. The Labute approximate surface area is 122 Å². The van der Waals surface area contributed by atoms with Gasteiger partial charge in [-0.05, 0) is 37.9 Å². The predicted octanol–water partition coefficient (Wildman–Crippen LogP) is 0.460. The third-order valence-electron chi connectivity index (χ3n) is 2.68. The van der Waals surface area contributed by atoms with Crippen LogP contribution in [0.2, 0.25) is 0 Å². The zero-order valence-corrected chi connectivity index (χ0v) is 12.9. The largest absolute Gasteiger partial charge is 0.370 e. The second-order valence-corrected chi connectivity index (χ2v) is 5.84. The summed E-state index contributed by atoms with van der Waals surface area (Å²) in [6, 6.07) is 1.85. The van der Waals surface area contributed by atoms with Crippen LogP contribution < -0.4 is 10.2 Å². The van der Waals surface area contributed by atoms with Gasteiger partial charge in [-0.25, -0.2) is 4.98 Å². The van der Waals surface area contributed by atoms with Crippen molar-refractivity contribution in [1.82, 2.24) is 4.98 Å². The van der Waals surface area contributed by atoms with Crippen LogP contribution >= 0.6 is 31.9 Å². The fourth-order valence-corrected chi connectivity index (χ4v) is 2.83. The molecule has 0 saturated carbocycles. The lowest BCUT2D eigenvalue weighted by Crippen LogP contribution is -3.15. The average molecular weight is 380 g/mol. The second-order valence-electron chi connectivity index (χ2n) is 4.07. The van der Waals surface area contributed by atoms with Crippen LogP contribution in [0.1, 0.15) is 0 Å². The lowest BCUT2D eigenvalue weighted by atomic mass is 10.4. The van der Waals surface area contributed by atoms with E-state index in [2.05, 4.69) is 42.2 Å². The number of nitrogens with zero attached hydrogens (tertiary/aromatic N) is 1. The number of hydrogen-bond acceptors (Lipinski definition) is 3. The van der Waals surface area contributed by atoms with Crippen molar-refractivity contribution in [3.8, 4) is 0 Å². The number of nitrogens with one attached hydrogen (secondary N) is 2. The molecular formula is C11H14Br2N3O2+. The van der Waals surface area contributed by atoms with Crippen molar-refractivity contribution < 1.29 is 14.4 Å². The fourth-order valence-electron chi connectivity index (χ4n) is 1.75. The van der Waals surface area contributed by atoms with Crippen LogP contribution in [0.4, 0.5) is 5.82 Å². The topological polar surface area (TPSA) is 55.7 Å². The van der Waals surface area contributed by atoms with Crippen molar-refractivity contribution in [2.45, 2.75) is 0 Å². The minimum atomic E-state index is -0.0255. The summed E-state index contributed by atoms with van der Waals surface area (Å²) in [4.78, 5) is 17.3. The van der Waals surface area contributed by atoms with Gasteiger partial charge in [0.15, 0.2) is 6.54 Å². The van der Waals surface area contributed by atoms with Gasteiger partial charge in [0.1, 0.15) is 18.9 Å². The standard InChI is InChI=1S/C11H13Br2N3O2/c12-8-5-9(13)11(14-6-8)15-10(17)7-16-1-3-18-4-2-16/h5-6H,1-4,7H2,(H,14,15,17)/p+1. The molecular weight excluding hydrogens is 366 g/mol. The van der Waals surface area contributed by atoms with E-state index in [-0.39, 0.29) is 5.91 Å². The van der Waals surface area contributed by atoms with E-state index in [1.54, 1.807) is 6.20 Å². The van der Waals surface area contributed by atoms with Gasteiger partial charge in [0.05, 0.1) is 17.7 Å². The maximum Gasteiger partial charge on any atom is 0.280 e. The average Bonchev–Trinajstić information content (AvgIpc) is 2.34. The molecule has 5 nitrogen and oxygen atoms in total. The number of quaternary nitrogens is 1. The lowest BCUT2D eigenvalue weighted by Gasteiger charge is -2.23. The molecule has 0 radical (unpaired) electrons. The number of rotatable bonds is 3. The zero-order valence-electron chi connectivity index (χ0n) is 9.71. The molecule has 0 unspecified atom stereocenters. The van der Waals surface area contributed by atoms with Crippen molar-refractivity contribution in [2.75, 3.05) is 38.2 Å². The van der Waals surface area contributed by atoms with Gasteiger partial charge in [-0.3, -0.25) is 4.79 Å². The van der Waals surface area contributed by atoms with Crippen molar-refractivity contribution in [3.63, 3.8) is 0 Å². The van der Waals surface area contributed by atoms with E-state index >= 15 is 0 Å². The summed E-state index contributed by atoms with van der Waals surface area (Å²) in [5.41, 5.74) is 0. The van der Waals surface area contributed by atoms with Gasteiger partial charge in [-0.15, -0.1) is 0 Å². The normalized spacial score (nSPS) is 16.6. The summed E-state index contributed by atoms with van der Waals surface area (Å²) >= 11 is 6.69. The molecule has 0 aromatic carbocycles. The molecule has 1 aliphatic heterocycles. The minimum Gasteiger partial charge on any atom is -0.370 e. The summed E-state index contributed by atoms with van der Waals surface area (Å²) in [5, 5.41) is 2.81. The highest BCUT2D eigenvalue weighted by Gasteiger charge is 2.18. The van der Waals surface area contributed by atoms with Gasteiger partial charge in [0, 0.05) is 10.7 Å². The number of ether oxygens (including phenoxy) is 1. The molecule has 1 aliphatic rings. The van der Waals surface area contributed by atoms with E-state index in [0.29, 0.717) is 12.4 Å². The molecule has 1 aromatic rings. The Balaban J connectivity index is 1.90. The smallest absolute Gasteiger partial charge is 0.280 e. The molecule has 0 spiro atoms. The van der Waals surface area contributed by atoms with Crippen molar-refractivity contribution >= 4 is 43.6 Å². The lowest BCUT2D eigenvalue weighted by molar-refractivity contribution is -0.899. The zero-order chi connectivity index (χ0) is 13.0. The SMILES string of the molecule is O=C(C[NH+]1CCOCC1)Nc1ncc(Br)cc1Br. The first-order valence-electron chi connectivity index (χ1n) is 5.67. The summed E-state index contributed by atoms with van der Waals surface area (Å²) < 4.78 is 6.89. The van der Waals surface area contributed by atoms with Crippen LogP contribution in [-0.2, 0) is 9.53 Å². The minimum absolute atomic E-state index is 0.0255. The number of hydrogen-bond donors (Lipinski definition) is 2. The molecule has 1 aromatic heterocycles. The van der Waals surface area contributed by atoms with Crippen LogP contribution in [0.5, 0.6) is 0 Å². The van der Waals surface area contributed by atoms with Crippen LogP contribution in [0, 0.1) is 0 Å². The number of pyridine rings is 1. The van der Waals surface area contributed by atoms with Gasteiger partial charge < -0.3 is 15.0 Å². The Morgan fingerprint density at radius 3 is 2.83 bits per heavy atom. The molecule has 1 saturated heterocycles. The van der Waals surface area contributed by atoms with Crippen molar-refractivity contribution in [1.29, 1.82) is 0 Å². The second kappa shape index (κ2) is 6.60. The Morgan fingerprint density at radius 1 is 1.44 bits per heavy atom. The molecule has 18 heavy (non-hydrogen) atoms. The number of halogens is 2. The Morgan fingerprint density at radius 2 is 2.17 bits per heavy atom. The molecule has 2 heterocycles. The monoisotopic (exact) mass is 378 g/mol. The van der Waals surface area contributed by atoms with Crippen LogP contribution in [-0.4, -0.2) is 43.7 Å². The third-order valence-corrected chi connectivity index (χ3v) is 3.71. The molecule has 2 rings (SSSR count). The molecule has 1 amide bonds. The molecule has 0 bridgehead atoms. The van der Waals surface area contributed by atoms with Crippen LogP contribution in [0.15, 0.2) is 21.2 Å². The highest BCUT2D eigenvalue weighted by atomic mass is 79.9. The molecule has 0 aliphatic carbocycles. The number of carbonyl (C=O) groups excluding carboxylic acids is 1. The first-order valence-corrected chi connectivity index (χ1v) is 7.26. The molecule has 98 valence electrons. The molecule has 2 N–H and O–H groups in total. The maximum absolute atomic E-state index is 11.9. The highest BCUT2D eigenvalue weighted by molar-refractivity contribution is 9.11. The van der Waals surface area contributed by atoms with Crippen LogP contribution in [0.3, 0.4) is 0 Å². The van der Waals surface area contributed by atoms with E-state index in [0.717, 1.165) is 35.2 Å². The predicted molar refractivity (Wildman–Crippen MR) is 74.6 cm³/mol. The van der Waals surface area contributed by atoms with Crippen molar-refractivity contribution in [3.05, 3.63) is 21.2 Å². The van der Waals surface area contributed by atoms with Gasteiger partial charge in [0.2, 0.25) is 0 Å². The summed E-state index contributed by atoms with van der Waals surface area (Å²) in [6.07, 6.45) is 1.65. The summed E-state index contributed by atoms with van der Waals surface area (Å²) in [5.74, 6) is 0.526. The fraction of sp³-hybridized carbons (Fsp3) is 0.455. The number of anilines is 1. The third kappa shape index (κ3) is 4.01. The Hall–Kier alpha value is -0.500. The Bertz CT molecular complexity index is 436. The van der Waals surface area contributed by atoms with Gasteiger partial charge in [-0.1, -0.05) is 0 Å². The summed E-state index contributed by atoms with van der Waals surface area (Å²) in [7, 11) is 0. The van der Waals surface area contributed by atoms with E-state index in [4.69, 9.17) is 4.74 Å². The van der Waals surface area contributed by atoms with E-state index in [9.17, 15) is 4.79 Å². The maximum atomic E-state index is 11.9. The number of morpholine rings is 1. The van der Waals surface area contributed by atoms with E-state index in [1.807, 2.05) is 6.07 Å². The molecule has 0 atom stereocenters. The van der Waals surface area contributed by atoms with Crippen molar-refractivity contribution in [2.24, 2.45) is 0 Å². The number of amides is 1. The first-order chi connectivity index (χ1) is 8.65. The summed E-state index contributed by atoms with van der Waals surface area (Å²) in [6.45, 7) is 3.66. The van der Waals surface area contributed by atoms with E-state index < -0.39 is 0 Å². The number of aromatic nitrogens is 1. The number of carbonyl (C=O) groups is 1. The Kier molecular flexibility index (Phi) is 5.11. The molecule has 1 fully saturated rings. The molecule has 7 heteroatoms. The van der Waals surface area contributed by atoms with Gasteiger partial charge >= 0.3 is 0 Å². The van der Waals surface area contributed by atoms with E-state index in [1.165, 1.54) is 4.90 Å². The van der Waals surface area contributed by atoms with Gasteiger partial charge in [-0.2, -0.15) is 0 Å². The van der Waals surface area contributed by atoms with Gasteiger partial charge in [0.25, 0.3) is 5.91 Å². The quantitative estimate of drug-likeness (QED) is 0.802. The van der Waals surface area contributed by atoms with Crippen LogP contribution in [0.25, 0.3) is 0 Å². The first kappa shape index (κ1) is 13.9.